The van der Waals surface area contributed by atoms with Gasteiger partial charge in [-0.25, -0.2) is 4.57 Å². The summed E-state index contributed by atoms with van der Waals surface area (Å²) in [4.78, 5) is 48.5. The maximum absolute atomic E-state index is 12.9. The number of phosphoric ester groups is 1. The molecule has 3 unspecified atom stereocenters. The molecule has 0 aliphatic heterocycles. The fraction of sp³-hybridized carbons (Fsp3) is 0.850. The zero-order chi connectivity index (χ0) is 52.7. The number of ether oxygens (including phenoxy) is 3. The molecule has 0 aromatic carbocycles. The average molecular weight is 1040 g/mol. The van der Waals surface area contributed by atoms with Crippen molar-refractivity contribution in [2.75, 3.05) is 26.4 Å². The first-order valence-electron chi connectivity index (χ1n) is 29.9. The molecular formula is C60H111O11P. The predicted molar refractivity (Wildman–Crippen MR) is 298 cm³/mol. The number of rotatable bonds is 56. The highest BCUT2D eigenvalue weighted by molar-refractivity contribution is 7.47. The molecule has 0 amide bonds. The van der Waals surface area contributed by atoms with Crippen molar-refractivity contribution in [2.24, 2.45) is 0 Å². The minimum atomic E-state index is -4.74. The van der Waals surface area contributed by atoms with Gasteiger partial charge in [-0.2, -0.15) is 0 Å². The van der Waals surface area contributed by atoms with Crippen molar-refractivity contribution >= 4 is 25.7 Å². The minimum Gasteiger partial charge on any atom is -0.462 e. The SMILES string of the molecule is CCCCC/C=C\C/C=C\CCCCCCCCCCCC(=O)OC(COC(=O)CCCCCCC/C=C\CCCCCCCC)COP(=O)(O)OCC(CO)OC(=O)CCCCCCCCCCCCC. The van der Waals surface area contributed by atoms with E-state index >= 15 is 0 Å². The number of carbonyl (C=O) groups excluding carboxylic acids is 3. The Morgan fingerprint density at radius 3 is 1.07 bits per heavy atom. The monoisotopic (exact) mass is 1040 g/mol. The van der Waals surface area contributed by atoms with E-state index in [9.17, 15) is 28.9 Å². The molecule has 0 heterocycles. The highest BCUT2D eigenvalue weighted by atomic mass is 31.2. The van der Waals surface area contributed by atoms with Gasteiger partial charge in [-0.05, 0) is 77.0 Å². The molecule has 0 aromatic heterocycles. The van der Waals surface area contributed by atoms with Crippen LogP contribution in [0.15, 0.2) is 36.5 Å². The van der Waals surface area contributed by atoms with Crippen LogP contribution in [-0.4, -0.2) is 66.5 Å². The summed E-state index contributed by atoms with van der Waals surface area (Å²) in [6, 6.07) is 0. The first-order chi connectivity index (χ1) is 35.2. The summed E-state index contributed by atoms with van der Waals surface area (Å²) in [5.41, 5.74) is 0. The number of esters is 3. The van der Waals surface area contributed by atoms with E-state index in [1.165, 1.54) is 141 Å². The van der Waals surface area contributed by atoms with Crippen molar-refractivity contribution in [1.29, 1.82) is 0 Å². The number of allylic oxidation sites excluding steroid dienone is 6. The van der Waals surface area contributed by atoms with E-state index in [0.717, 1.165) is 89.9 Å². The summed E-state index contributed by atoms with van der Waals surface area (Å²) >= 11 is 0. The van der Waals surface area contributed by atoms with Crippen LogP contribution in [0.3, 0.4) is 0 Å². The molecule has 3 atom stereocenters. The van der Waals surface area contributed by atoms with Gasteiger partial charge in [-0.1, -0.05) is 231 Å². The summed E-state index contributed by atoms with van der Waals surface area (Å²) in [6.45, 7) is 4.63. The quantitative estimate of drug-likeness (QED) is 0.0197. The fourth-order valence-electron chi connectivity index (χ4n) is 8.44. The third-order valence-corrected chi connectivity index (χ3v) is 14.0. The Balaban J connectivity index is 4.70. The van der Waals surface area contributed by atoms with E-state index in [1.807, 2.05) is 0 Å². The molecule has 0 saturated carbocycles. The Kier molecular flexibility index (Phi) is 53.2. The van der Waals surface area contributed by atoms with Crippen LogP contribution in [0.1, 0.15) is 290 Å². The zero-order valence-corrected chi connectivity index (χ0v) is 47.6. The Bertz CT molecular complexity index is 1350. The van der Waals surface area contributed by atoms with Crippen molar-refractivity contribution < 1.29 is 52.2 Å². The van der Waals surface area contributed by atoms with E-state index in [-0.39, 0.29) is 25.9 Å². The normalized spacial score (nSPS) is 13.6. The molecule has 0 saturated heterocycles. The summed E-state index contributed by atoms with van der Waals surface area (Å²) in [5, 5.41) is 9.80. The predicted octanol–water partition coefficient (Wildman–Crippen LogP) is 17.6. The van der Waals surface area contributed by atoms with Crippen molar-refractivity contribution in [1.82, 2.24) is 0 Å². The smallest absolute Gasteiger partial charge is 0.462 e. The number of carbonyl (C=O) groups is 3. The zero-order valence-electron chi connectivity index (χ0n) is 46.7. The molecule has 0 rings (SSSR count). The van der Waals surface area contributed by atoms with Crippen LogP contribution in [0.5, 0.6) is 0 Å². The van der Waals surface area contributed by atoms with Crippen LogP contribution in [0, 0.1) is 0 Å². The molecule has 0 aliphatic carbocycles. The Morgan fingerprint density at radius 1 is 0.389 bits per heavy atom. The topological polar surface area (TPSA) is 155 Å². The Labute approximate surface area is 441 Å². The molecule has 0 aliphatic rings. The van der Waals surface area contributed by atoms with E-state index < -0.39 is 57.8 Å². The summed E-state index contributed by atoms with van der Waals surface area (Å²) < 4.78 is 39.5. The van der Waals surface area contributed by atoms with Crippen molar-refractivity contribution in [3.05, 3.63) is 36.5 Å². The maximum Gasteiger partial charge on any atom is 0.472 e. The van der Waals surface area contributed by atoms with Crippen LogP contribution >= 0.6 is 7.82 Å². The van der Waals surface area contributed by atoms with Gasteiger partial charge in [-0.15, -0.1) is 0 Å². The largest absolute Gasteiger partial charge is 0.472 e. The van der Waals surface area contributed by atoms with E-state index in [4.69, 9.17) is 23.3 Å². The van der Waals surface area contributed by atoms with Crippen LogP contribution in [0.4, 0.5) is 0 Å². The van der Waals surface area contributed by atoms with Gasteiger partial charge in [-0.3, -0.25) is 23.4 Å². The van der Waals surface area contributed by atoms with Crippen molar-refractivity contribution in [3.8, 4) is 0 Å². The molecule has 0 fully saturated rings. The van der Waals surface area contributed by atoms with Gasteiger partial charge in [0.15, 0.2) is 6.10 Å². The third kappa shape index (κ3) is 52.6. The second-order valence-corrected chi connectivity index (χ2v) is 21.6. The Morgan fingerprint density at radius 2 is 0.681 bits per heavy atom. The average Bonchev–Trinajstić information content (AvgIpc) is 3.37. The van der Waals surface area contributed by atoms with Gasteiger partial charge >= 0.3 is 25.7 Å². The van der Waals surface area contributed by atoms with Crippen LogP contribution in [-0.2, 0) is 42.2 Å². The number of phosphoric acid groups is 1. The first-order valence-corrected chi connectivity index (χ1v) is 31.4. The van der Waals surface area contributed by atoms with Crippen LogP contribution < -0.4 is 0 Å². The van der Waals surface area contributed by atoms with Gasteiger partial charge in [0.05, 0.1) is 19.8 Å². The molecule has 0 radical (unpaired) electrons. The van der Waals surface area contributed by atoms with Gasteiger partial charge in [0, 0.05) is 19.3 Å². The molecule has 0 bridgehead atoms. The molecule has 422 valence electrons. The van der Waals surface area contributed by atoms with E-state index in [2.05, 4.69) is 57.2 Å². The lowest BCUT2D eigenvalue weighted by Crippen LogP contribution is -2.30. The number of hydrogen-bond donors (Lipinski definition) is 2. The van der Waals surface area contributed by atoms with Gasteiger partial charge in [0.1, 0.15) is 12.7 Å². The number of unbranched alkanes of at least 4 members (excludes halogenated alkanes) is 33. The van der Waals surface area contributed by atoms with Gasteiger partial charge in [0.25, 0.3) is 0 Å². The molecule has 2 N–H and O–H groups in total. The molecule has 0 spiro atoms. The van der Waals surface area contributed by atoms with Gasteiger partial charge < -0.3 is 24.2 Å². The number of hydrogen-bond acceptors (Lipinski definition) is 10. The number of aliphatic hydroxyl groups excluding tert-OH is 1. The summed E-state index contributed by atoms with van der Waals surface area (Å²) in [6.07, 6.45) is 56.7. The molecule has 12 heteroatoms. The standard InChI is InChI=1S/C60H111O11P/c1-4-7-10-13-16-19-22-24-26-27-28-29-31-33-36-39-42-45-48-51-60(64)71-57(53-67-58(62)49-46-43-40-37-35-32-30-25-23-20-17-14-11-8-5-2)55-69-72(65,66)68-54-56(52-61)70-59(63)50-47-44-41-38-34-21-18-15-12-9-6-3/h16,19,24-26,30,56-57,61H,4-15,17-18,20-23,27-29,31-55H2,1-3H3,(H,65,66)/b19-16-,26-24-,30-25-. The van der Waals surface area contributed by atoms with E-state index in [1.54, 1.807) is 0 Å². The molecule has 0 aromatic rings. The lowest BCUT2D eigenvalue weighted by atomic mass is 10.1. The van der Waals surface area contributed by atoms with E-state index in [0.29, 0.717) is 19.3 Å². The Hall–Kier alpha value is -2.30. The first kappa shape index (κ1) is 69.7. The fourth-order valence-corrected chi connectivity index (χ4v) is 9.23. The third-order valence-electron chi connectivity index (χ3n) is 13.0. The van der Waals surface area contributed by atoms with Crippen molar-refractivity contribution in [2.45, 2.75) is 303 Å². The van der Waals surface area contributed by atoms with Crippen molar-refractivity contribution in [3.63, 3.8) is 0 Å². The van der Waals surface area contributed by atoms with Gasteiger partial charge in [0.2, 0.25) is 0 Å². The molecule has 11 nitrogen and oxygen atoms in total. The molecule has 72 heavy (non-hydrogen) atoms. The highest BCUT2D eigenvalue weighted by Gasteiger charge is 2.28. The van der Waals surface area contributed by atoms with Crippen LogP contribution in [0.25, 0.3) is 0 Å². The maximum atomic E-state index is 12.9. The lowest BCUT2D eigenvalue weighted by molar-refractivity contribution is -0.161. The summed E-state index contributed by atoms with van der Waals surface area (Å²) in [5.74, 6) is -1.46. The lowest BCUT2D eigenvalue weighted by Gasteiger charge is -2.21. The second-order valence-electron chi connectivity index (χ2n) is 20.2. The minimum absolute atomic E-state index is 0.164. The second kappa shape index (κ2) is 54.9. The van der Waals surface area contributed by atoms with Crippen LogP contribution in [0.2, 0.25) is 0 Å². The molecular weight excluding hydrogens is 928 g/mol. The highest BCUT2D eigenvalue weighted by Crippen LogP contribution is 2.43. The summed E-state index contributed by atoms with van der Waals surface area (Å²) in [7, 11) is -4.74. The number of aliphatic hydroxyl groups is 1.